The Morgan fingerprint density at radius 1 is 1.22 bits per heavy atom. The van der Waals surface area contributed by atoms with Crippen LogP contribution in [0.4, 0.5) is 0 Å². The Labute approximate surface area is 161 Å². The maximum absolute atomic E-state index is 5.91. The van der Waals surface area contributed by atoms with E-state index in [1.54, 1.807) is 7.11 Å². The van der Waals surface area contributed by atoms with Gasteiger partial charge in [-0.25, -0.2) is 4.98 Å². The highest BCUT2D eigenvalue weighted by Crippen LogP contribution is 2.17. The summed E-state index contributed by atoms with van der Waals surface area (Å²) >= 11 is 0. The number of aromatic nitrogens is 1. The average Bonchev–Trinajstić information content (AvgIpc) is 3.18. The highest BCUT2D eigenvalue weighted by molar-refractivity contribution is 5.80. The predicted molar refractivity (Wildman–Crippen MR) is 107 cm³/mol. The quantitative estimate of drug-likeness (QED) is 0.601. The lowest BCUT2D eigenvalue weighted by molar-refractivity contribution is 0.0906. The third-order valence-electron chi connectivity index (χ3n) is 4.68. The Kier molecular flexibility index (Phi) is 7.04. The van der Waals surface area contributed by atoms with Crippen molar-refractivity contribution in [3.63, 3.8) is 0 Å². The van der Waals surface area contributed by atoms with Crippen LogP contribution < -0.4 is 10.1 Å². The predicted octanol–water partition coefficient (Wildman–Crippen LogP) is 2.70. The summed E-state index contributed by atoms with van der Waals surface area (Å²) in [4.78, 5) is 11.1. The first-order chi connectivity index (χ1) is 13.3. The van der Waals surface area contributed by atoms with Crippen molar-refractivity contribution in [1.29, 1.82) is 0 Å². The second-order valence-corrected chi connectivity index (χ2v) is 6.67. The van der Waals surface area contributed by atoms with E-state index in [0.29, 0.717) is 24.9 Å². The molecule has 6 heteroatoms. The van der Waals surface area contributed by atoms with E-state index in [2.05, 4.69) is 32.3 Å². The van der Waals surface area contributed by atoms with Crippen LogP contribution in [0.15, 0.2) is 53.5 Å². The lowest BCUT2D eigenvalue weighted by Gasteiger charge is -2.21. The maximum Gasteiger partial charge on any atom is 0.213 e. The third kappa shape index (κ3) is 5.69. The van der Waals surface area contributed by atoms with Crippen molar-refractivity contribution < 1.29 is 9.47 Å². The molecule has 1 unspecified atom stereocenters. The molecule has 144 valence electrons. The zero-order chi connectivity index (χ0) is 18.9. The molecule has 1 saturated heterocycles. The minimum Gasteiger partial charge on any atom is -0.481 e. The molecular weight excluding hydrogens is 340 g/mol. The third-order valence-corrected chi connectivity index (χ3v) is 4.68. The molecule has 1 aromatic carbocycles. The summed E-state index contributed by atoms with van der Waals surface area (Å²) in [5, 5.41) is 3.40. The van der Waals surface area contributed by atoms with E-state index in [1.807, 2.05) is 43.4 Å². The standard InChI is InChI=1S/C21H28N4O2/c1-22-21(23-13-19-9-6-10-20(24-19)26-2)25-12-11-18(14-25)16-27-15-17-7-4-3-5-8-17/h3-10,18H,11-16H2,1-2H3,(H,22,23). The second kappa shape index (κ2) is 9.92. The molecule has 2 aromatic rings. The van der Waals surface area contributed by atoms with Crippen molar-refractivity contribution >= 4 is 5.96 Å². The van der Waals surface area contributed by atoms with E-state index in [4.69, 9.17) is 9.47 Å². The van der Waals surface area contributed by atoms with Crippen molar-refractivity contribution in [3.8, 4) is 5.88 Å². The topological polar surface area (TPSA) is 59.0 Å². The van der Waals surface area contributed by atoms with Gasteiger partial charge in [-0.2, -0.15) is 0 Å². The van der Waals surface area contributed by atoms with Gasteiger partial charge in [-0.3, -0.25) is 4.99 Å². The van der Waals surface area contributed by atoms with Crippen LogP contribution in [-0.2, 0) is 17.9 Å². The van der Waals surface area contributed by atoms with E-state index >= 15 is 0 Å². The Balaban J connectivity index is 1.43. The van der Waals surface area contributed by atoms with Crippen LogP contribution in [-0.4, -0.2) is 49.7 Å². The van der Waals surface area contributed by atoms with Gasteiger partial charge in [-0.05, 0) is 18.1 Å². The Bertz CT molecular complexity index is 736. The number of benzene rings is 1. The minimum atomic E-state index is 0.530. The summed E-state index contributed by atoms with van der Waals surface area (Å²) in [6.45, 7) is 4.02. The van der Waals surface area contributed by atoms with Crippen molar-refractivity contribution in [3.05, 3.63) is 59.8 Å². The summed E-state index contributed by atoms with van der Waals surface area (Å²) in [6.07, 6.45) is 1.12. The van der Waals surface area contributed by atoms with Gasteiger partial charge < -0.3 is 19.7 Å². The molecule has 0 radical (unpaired) electrons. The highest BCUT2D eigenvalue weighted by Gasteiger charge is 2.25. The first kappa shape index (κ1) is 19.2. The van der Waals surface area contributed by atoms with Crippen LogP contribution in [0.1, 0.15) is 17.7 Å². The summed E-state index contributed by atoms with van der Waals surface area (Å²) in [5.41, 5.74) is 2.15. The van der Waals surface area contributed by atoms with Gasteiger partial charge in [0, 0.05) is 32.1 Å². The van der Waals surface area contributed by atoms with Gasteiger partial charge in [-0.1, -0.05) is 36.4 Å². The largest absolute Gasteiger partial charge is 0.481 e. The molecule has 1 atom stereocenters. The monoisotopic (exact) mass is 368 g/mol. The molecule has 1 aromatic heterocycles. The molecule has 6 nitrogen and oxygen atoms in total. The van der Waals surface area contributed by atoms with Crippen LogP contribution >= 0.6 is 0 Å². The van der Waals surface area contributed by atoms with Gasteiger partial charge in [0.2, 0.25) is 5.88 Å². The van der Waals surface area contributed by atoms with E-state index < -0.39 is 0 Å². The first-order valence-corrected chi connectivity index (χ1v) is 9.35. The molecule has 1 fully saturated rings. The molecule has 0 aliphatic carbocycles. The van der Waals surface area contributed by atoms with Crippen LogP contribution in [0.5, 0.6) is 5.88 Å². The molecule has 1 aliphatic heterocycles. The number of methoxy groups -OCH3 is 1. The molecule has 2 heterocycles. The molecule has 3 rings (SSSR count). The second-order valence-electron chi connectivity index (χ2n) is 6.67. The Morgan fingerprint density at radius 3 is 2.85 bits per heavy atom. The molecular formula is C21H28N4O2. The van der Waals surface area contributed by atoms with Gasteiger partial charge in [0.25, 0.3) is 0 Å². The SMILES string of the molecule is CN=C(NCc1cccc(OC)n1)N1CCC(COCc2ccccc2)C1. The van der Waals surface area contributed by atoms with E-state index in [-0.39, 0.29) is 0 Å². The number of hydrogen-bond acceptors (Lipinski definition) is 4. The number of likely N-dealkylation sites (tertiary alicyclic amines) is 1. The number of rotatable bonds is 7. The number of hydrogen-bond donors (Lipinski definition) is 1. The number of nitrogens with one attached hydrogen (secondary N) is 1. The fourth-order valence-corrected chi connectivity index (χ4v) is 3.25. The van der Waals surface area contributed by atoms with Gasteiger partial charge >= 0.3 is 0 Å². The van der Waals surface area contributed by atoms with Gasteiger partial charge in [0.1, 0.15) is 0 Å². The van der Waals surface area contributed by atoms with Crippen LogP contribution in [0.2, 0.25) is 0 Å². The molecule has 0 amide bonds. The number of ether oxygens (including phenoxy) is 2. The van der Waals surface area contributed by atoms with E-state index in [0.717, 1.165) is 37.8 Å². The summed E-state index contributed by atoms with van der Waals surface area (Å²) in [5.74, 6) is 2.06. The molecule has 0 bridgehead atoms. The highest BCUT2D eigenvalue weighted by atomic mass is 16.5. The van der Waals surface area contributed by atoms with Gasteiger partial charge in [0.05, 0.1) is 32.6 Å². The zero-order valence-electron chi connectivity index (χ0n) is 16.1. The van der Waals surface area contributed by atoms with Crippen molar-refractivity contribution in [2.24, 2.45) is 10.9 Å². The minimum absolute atomic E-state index is 0.530. The summed E-state index contributed by atoms with van der Waals surface area (Å²) in [6, 6.07) is 16.1. The zero-order valence-corrected chi connectivity index (χ0v) is 16.1. The van der Waals surface area contributed by atoms with Crippen LogP contribution in [0.3, 0.4) is 0 Å². The Hall–Kier alpha value is -2.60. The van der Waals surface area contributed by atoms with E-state index in [1.165, 1.54) is 5.56 Å². The molecule has 1 aliphatic rings. The smallest absolute Gasteiger partial charge is 0.213 e. The lowest BCUT2D eigenvalue weighted by Crippen LogP contribution is -2.40. The molecule has 0 spiro atoms. The number of pyridine rings is 1. The number of guanidine groups is 1. The summed E-state index contributed by atoms with van der Waals surface area (Å²) in [7, 11) is 3.45. The average molecular weight is 368 g/mol. The molecule has 1 N–H and O–H groups in total. The van der Waals surface area contributed by atoms with Gasteiger partial charge in [0.15, 0.2) is 5.96 Å². The first-order valence-electron chi connectivity index (χ1n) is 9.35. The maximum atomic E-state index is 5.91. The molecule has 27 heavy (non-hydrogen) atoms. The van der Waals surface area contributed by atoms with E-state index in [9.17, 15) is 0 Å². The van der Waals surface area contributed by atoms with Gasteiger partial charge in [-0.15, -0.1) is 0 Å². The number of aliphatic imine (C=N–C) groups is 1. The fourth-order valence-electron chi connectivity index (χ4n) is 3.25. The van der Waals surface area contributed by atoms with Crippen LogP contribution in [0.25, 0.3) is 0 Å². The molecule has 0 saturated carbocycles. The van der Waals surface area contributed by atoms with Crippen molar-refractivity contribution in [2.45, 2.75) is 19.6 Å². The fraction of sp³-hybridized carbons (Fsp3) is 0.429. The number of nitrogens with zero attached hydrogens (tertiary/aromatic N) is 3. The Morgan fingerprint density at radius 2 is 2.07 bits per heavy atom. The normalized spacial score (nSPS) is 17.2. The van der Waals surface area contributed by atoms with Crippen LogP contribution in [0, 0.1) is 5.92 Å². The lowest BCUT2D eigenvalue weighted by atomic mass is 10.1. The van der Waals surface area contributed by atoms with Crippen molar-refractivity contribution in [2.75, 3.05) is 33.9 Å². The summed E-state index contributed by atoms with van der Waals surface area (Å²) < 4.78 is 11.1. The van der Waals surface area contributed by atoms with Crippen molar-refractivity contribution in [1.82, 2.24) is 15.2 Å².